The summed E-state index contributed by atoms with van der Waals surface area (Å²) < 4.78 is 13.2. The number of aliphatic hydroxyl groups excluding tert-OH is 1. The fraction of sp³-hybridized carbons (Fsp3) is 0.538. The lowest BCUT2D eigenvalue weighted by Crippen LogP contribution is -2.19. The maximum Gasteiger partial charge on any atom is 0.123 e. The van der Waals surface area contributed by atoms with Crippen molar-refractivity contribution in [3.63, 3.8) is 0 Å². The Morgan fingerprint density at radius 2 is 2.19 bits per heavy atom. The second-order valence-corrected chi connectivity index (χ2v) is 5.76. The number of rotatable bonds is 2. The van der Waals surface area contributed by atoms with Gasteiger partial charge in [0.05, 0.1) is 6.10 Å². The number of halogens is 1. The van der Waals surface area contributed by atoms with Crippen molar-refractivity contribution in [3.05, 3.63) is 35.1 Å². The SMILES string of the molecule is Cc1cc(F)cc(C(O)C2CCCCS2)c1. The molecule has 1 heterocycles. The zero-order valence-corrected chi connectivity index (χ0v) is 10.3. The Kier molecular flexibility index (Phi) is 3.87. The van der Waals surface area contributed by atoms with Crippen LogP contribution in [0.3, 0.4) is 0 Å². The lowest BCUT2D eigenvalue weighted by Gasteiger charge is -2.26. The number of thioether (sulfide) groups is 1. The fourth-order valence-corrected chi connectivity index (χ4v) is 3.51. The first kappa shape index (κ1) is 11.9. The molecule has 1 fully saturated rings. The third-order valence-electron chi connectivity index (χ3n) is 2.97. The van der Waals surface area contributed by atoms with Crippen molar-refractivity contribution in [1.29, 1.82) is 0 Å². The molecule has 3 heteroatoms. The molecule has 1 nitrogen and oxygen atoms in total. The smallest absolute Gasteiger partial charge is 0.123 e. The van der Waals surface area contributed by atoms with E-state index in [1.54, 1.807) is 11.8 Å². The number of benzene rings is 1. The highest BCUT2D eigenvalue weighted by atomic mass is 32.2. The predicted octanol–water partition coefficient (Wildman–Crippen LogP) is 3.45. The van der Waals surface area contributed by atoms with Crippen LogP contribution in [0, 0.1) is 12.7 Å². The first-order chi connectivity index (χ1) is 7.66. The van der Waals surface area contributed by atoms with E-state index in [1.165, 1.54) is 25.0 Å². The molecule has 1 aromatic rings. The Morgan fingerprint density at radius 3 is 2.81 bits per heavy atom. The zero-order chi connectivity index (χ0) is 11.5. The maximum atomic E-state index is 13.2. The number of aryl methyl sites for hydroxylation is 1. The van der Waals surface area contributed by atoms with Crippen molar-refractivity contribution in [3.8, 4) is 0 Å². The molecule has 0 radical (unpaired) electrons. The Bertz CT molecular complexity index is 341. The Hall–Kier alpha value is -0.540. The molecule has 1 N–H and O–H groups in total. The molecule has 2 rings (SSSR count). The van der Waals surface area contributed by atoms with Gasteiger partial charge in [-0.2, -0.15) is 11.8 Å². The van der Waals surface area contributed by atoms with Crippen molar-refractivity contribution in [2.24, 2.45) is 0 Å². The Balaban J connectivity index is 2.15. The molecular formula is C13H17FOS. The van der Waals surface area contributed by atoms with Gasteiger partial charge in [-0.05, 0) is 48.8 Å². The summed E-state index contributed by atoms with van der Waals surface area (Å²) in [5.41, 5.74) is 1.59. The van der Waals surface area contributed by atoms with E-state index in [0.717, 1.165) is 23.3 Å². The van der Waals surface area contributed by atoms with E-state index in [9.17, 15) is 9.50 Å². The van der Waals surface area contributed by atoms with E-state index in [0.29, 0.717) is 0 Å². The van der Waals surface area contributed by atoms with Crippen molar-refractivity contribution in [2.45, 2.75) is 37.5 Å². The summed E-state index contributed by atoms with van der Waals surface area (Å²) in [6.07, 6.45) is 2.90. The number of hydrogen-bond donors (Lipinski definition) is 1. The van der Waals surface area contributed by atoms with Crippen molar-refractivity contribution < 1.29 is 9.50 Å². The van der Waals surface area contributed by atoms with Gasteiger partial charge in [-0.15, -0.1) is 0 Å². The zero-order valence-electron chi connectivity index (χ0n) is 9.45. The van der Waals surface area contributed by atoms with Crippen molar-refractivity contribution >= 4 is 11.8 Å². The fourth-order valence-electron chi connectivity index (χ4n) is 2.16. The van der Waals surface area contributed by atoms with Gasteiger partial charge in [-0.25, -0.2) is 4.39 Å². The summed E-state index contributed by atoms with van der Waals surface area (Å²) >= 11 is 1.81. The minimum atomic E-state index is -0.528. The third-order valence-corrected chi connectivity index (χ3v) is 4.42. The predicted molar refractivity (Wildman–Crippen MR) is 66.2 cm³/mol. The van der Waals surface area contributed by atoms with E-state index < -0.39 is 6.10 Å². The molecule has 1 saturated heterocycles. The molecule has 2 atom stereocenters. The van der Waals surface area contributed by atoms with Gasteiger partial charge < -0.3 is 5.11 Å². The van der Waals surface area contributed by atoms with E-state index >= 15 is 0 Å². The van der Waals surface area contributed by atoms with E-state index in [1.807, 2.05) is 13.0 Å². The van der Waals surface area contributed by atoms with Crippen LogP contribution in [-0.2, 0) is 0 Å². The maximum absolute atomic E-state index is 13.2. The summed E-state index contributed by atoms with van der Waals surface area (Å²) in [4.78, 5) is 0. The molecule has 0 bridgehead atoms. The molecule has 88 valence electrons. The van der Waals surface area contributed by atoms with E-state index in [2.05, 4.69) is 0 Å². The standard InChI is InChI=1S/C13H17FOS/c1-9-6-10(8-11(14)7-9)13(15)12-4-2-3-5-16-12/h6-8,12-13,15H,2-5H2,1H3. The van der Waals surface area contributed by atoms with Gasteiger partial charge in [0, 0.05) is 5.25 Å². The third kappa shape index (κ3) is 2.77. The van der Waals surface area contributed by atoms with Gasteiger partial charge in [0.25, 0.3) is 0 Å². The topological polar surface area (TPSA) is 20.2 Å². The van der Waals surface area contributed by atoms with Crippen LogP contribution in [0.2, 0.25) is 0 Å². The summed E-state index contributed by atoms with van der Waals surface area (Å²) in [6.45, 7) is 1.85. The minimum absolute atomic E-state index is 0.231. The van der Waals surface area contributed by atoms with Crippen LogP contribution in [0.5, 0.6) is 0 Å². The number of aliphatic hydroxyl groups is 1. The highest BCUT2D eigenvalue weighted by molar-refractivity contribution is 7.99. The van der Waals surface area contributed by atoms with E-state index in [-0.39, 0.29) is 11.1 Å². The monoisotopic (exact) mass is 240 g/mol. The second-order valence-electron chi connectivity index (χ2n) is 4.41. The lowest BCUT2D eigenvalue weighted by molar-refractivity contribution is 0.168. The van der Waals surface area contributed by atoms with Gasteiger partial charge in [0.2, 0.25) is 0 Å². The first-order valence-electron chi connectivity index (χ1n) is 5.73. The normalized spacial score (nSPS) is 23.1. The highest BCUT2D eigenvalue weighted by Crippen LogP contribution is 2.35. The Labute approximate surface area is 100 Å². The lowest BCUT2D eigenvalue weighted by atomic mass is 10.0. The van der Waals surface area contributed by atoms with Crippen LogP contribution in [0.25, 0.3) is 0 Å². The highest BCUT2D eigenvalue weighted by Gasteiger charge is 2.24. The van der Waals surface area contributed by atoms with Gasteiger partial charge >= 0.3 is 0 Å². The largest absolute Gasteiger partial charge is 0.387 e. The molecule has 1 aromatic carbocycles. The van der Waals surface area contributed by atoms with Crippen LogP contribution in [0.15, 0.2) is 18.2 Å². The average molecular weight is 240 g/mol. The van der Waals surface area contributed by atoms with E-state index in [4.69, 9.17) is 0 Å². The summed E-state index contributed by atoms with van der Waals surface area (Å²) in [5.74, 6) is 0.852. The van der Waals surface area contributed by atoms with Gasteiger partial charge in [0.1, 0.15) is 5.82 Å². The van der Waals surface area contributed by atoms with Crippen molar-refractivity contribution in [2.75, 3.05) is 5.75 Å². The van der Waals surface area contributed by atoms with Gasteiger partial charge in [-0.3, -0.25) is 0 Å². The van der Waals surface area contributed by atoms with Gasteiger partial charge in [-0.1, -0.05) is 12.5 Å². The summed E-state index contributed by atoms with van der Waals surface area (Å²) in [5, 5.41) is 10.4. The van der Waals surface area contributed by atoms with Crippen LogP contribution in [-0.4, -0.2) is 16.1 Å². The molecule has 16 heavy (non-hydrogen) atoms. The van der Waals surface area contributed by atoms with Gasteiger partial charge in [0.15, 0.2) is 0 Å². The molecule has 1 aliphatic heterocycles. The second kappa shape index (κ2) is 5.19. The summed E-state index contributed by atoms with van der Waals surface area (Å²) in [7, 11) is 0. The van der Waals surface area contributed by atoms with Crippen LogP contribution in [0.1, 0.15) is 36.5 Å². The molecule has 0 aromatic heterocycles. The van der Waals surface area contributed by atoms with Crippen LogP contribution in [0.4, 0.5) is 4.39 Å². The molecule has 0 aliphatic carbocycles. The molecule has 0 saturated carbocycles. The minimum Gasteiger partial charge on any atom is -0.387 e. The molecule has 2 unspecified atom stereocenters. The van der Waals surface area contributed by atoms with Crippen LogP contribution < -0.4 is 0 Å². The first-order valence-corrected chi connectivity index (χ1v) is 6.78. The molecule has 0 amide bonds. The summed E-state index contributed by atoms with van der Waals surface area (Å²) in [6, 6.07) is 4.82. The molecular weight excluding hydrogens is 223 g/mol. The number of hydrogen-bond acceptors (Lipinski definition) is 2. The Morgan fingerprint density at radius 1 is 1.38 bits per heavy atom. The van der Waals surface area contributed by atoms with Crippen molar-refractivity contribution in [1.82, 2.24) is 0 Å². The van der Waals surface area contributed by atoms with Crippen LogP contribution >= 0.6 is 11.8 Å². The quantitative estimate of drug-likeness (QED) is 0.854. The average Bonchev–Trinajstić information content (AvgIpc) is 2.28. The molecule has 0 spiro atoms. The molecule has 1 aliphatic rings.